The Morgan fingerprint density at radius 2 is 1.66 bits per heavy atom. The lowest BCUT2D eigenvalue weighted by Gasteiger charge is -2.24. The lowest BCUT2D eigenvalue weighted by molar-refractivity contribution is 0.0997. The van der Waals surface area contributed by atoms with E-state index in [4.69, 9.17) is 14.7 Å². The van der Waals surface area contributed by atoms with E-state index in [1.165, 1.54) is 31.7 Å². The summed E-state index contributed by atoms with van der Waals surface area (Å²) < 4.78 is 21.1. The maximum absolute atomic E-state index is 14.9. The van der Waals surface area contributed by atoms with Gasteiger partial charge in [0, 0.05) is 31.1 Å². The molecule has 3 aromatic rings. The van der Waals surface area contributed by atoms with Gasteiger partial charge in [-0.15, -0.1) is 0 Å². The van der Waals surface area contributed by atoms with Crippen molar-refractivity contribution in [2.75, 3.05) is 49.1 Å². The first-order valence-corrected chi connectivity index (χ1v) is 15.3. The number of carbonyl (C=O) groups is 1. The molecule has 2 aromatic carbocycles. The van der Waals surface area contributed by atoms with Crippen molar-refractivity contribution in [2.24, 2.45) is 0 Å². The normalized spacial score (nSPS) is 18.4. The molecule has 2 saturated heterocycles. The number of fused-ring (bicyclic) bond motifs is 2. The molecule has 0 spiro atoms. The van der Waals surface area contributed by atoms with Gasteiger partial charge in [0.05, 0.1) is 17.9 Å². The van der Waals surface area contributed by atoms with E-state index in [1.54, 1.807) is 23.1 Å². The molecule has 1 N–H and O–H groups in total. The van der Waals surface area contributed by atoms with Crippen molar-refractivity contribution in [1.82, 2.24) is 14.9 Å². The smallest absolute Gasteiger partial charge is 0.318 e. The van der Waals surface area contributed by atoms with Gasteiger partial charge in [0.25, 0.3) is 5.91 Å². The number of phenols is 1. The number of aryl methyl sites for hydroxylation is 1. The Bertz CT molecular complexity index is 1410. The molecule has 3 aliphatic rings. The third-order valence-corrected chi connectivity index (χ3v) is 8.73. The standard InChI is InChI=1S/C32H40FN5O3/c1-2-24-25(33)12-11-22-19-23(39)20-27(28(22)24)38-21-26-29(31(38)40)30(37-15-9-5-6-10-16-37)35-32(34-26)41-18-17-36-13-7-3-4-8-14-36/h11-12,19-20,39H,2-10,13-18,21H2,1H3. The number of aromatic hydroxyl groups is 1. The van der Waals surface area contributed by atoms with Gasteiger partial charge in [0.15, 0.2) is 0 Å². The second-order valence-corrected chi connectivity index (χ2v) is 11.5. The van der Waals surface area contributed by atoms with E-state index < -0.39 is 0 Å². The molecule has 0 bridgehead atoms. The molecule has 9 heteroatoms. The first kappa shape index (κ1) is 27.7. The predicted octanol–water partition coefficient (Wildman–Crippen LogP) is 5.83. The fourth-order valence-electron chi connectivity index (χ4n) is 6.59. The summed E-state index contributed by atoms with van der Waals surface area (Å²) in [5.41, 5.74) is 2.11. The number of amides is 1. The van der Waals surface area contributed by atoms with Crippen LogP contribution in [0.4, 0.5) is 15.9 Å². The molecule has 2 fully saturated rings. The molecule has 0 aliphatic carbocycles. The van der Waals surface area contributed by atoms with Gasteiger partial charge in [0.1, 0.15) is 29.6 Å². The van der Waals surface area contributed by atoms with Crippen LogP contribution in [0.3, 0.4) is 0 Å². The summed E-state index contributed by atoms with van der Waals surface area (Å²) in [4.78, 5) is 30.0. The Hall–Kier alpha value is -3.46. The summed E-state index contributed by atoms with van der Waals surface area (Å²) in [6.45, 7) is 7.25. The van der Waals surface area contributed by atoms with Crippen LogP contribution >= 0.6 is 0 Å². The molecule has 8 nitrogen and oxygen atoms in total. The highest BCUT2D eigenvalue weighted by Crippen LogP contribution is 2.41. The molecule has 218 valence electrons. The number of ether oxygens (including phenoxy) is 1. The van der Waals surface area contributed by atoms with Crippen LogP contribution in [0.1, 0.15) is 79.9 Å². The van der Waals surface area contributed by atoms with Gasteiger partial charge in [-0.1, -0.05) is 38.7 Å². The number of hydrogen-bond acceptors (Lipinski definition) is 7. The molecule has 0 unspecified atom stereocenters. The fourth-order valence-corrected chi connectivity index (χ4v) is 6.59. The molecule has 41 heavy (non-hydrogen) atoms. The number of phenolic OH excluding ortho intramolecular Hbond substituents is 1. The van der Waals surface area contributed by atoms with Gasteiger partial charge in [-0.3, -0.25) is 9.69 Å². The van der Waals surface area contributed by atoms with Crippen molar-refractivity contribution >= 4 is 28.2 Å². The fraction of sp³-hybridized carbons (Fsp3) is 0.531. The molecule has 1 aromatic heterocycles. The summed E-state index contributed by atoms with van der Waals surface area (Å²) in [5, 5.41) is 11.9. The van der Waals surface area contributed by atoms with Crippen LogP contribution in [0.25, 0.3) is 10.8 Å². The number of nitrogens with zero attached hydrogens (tertiary/aromatic N) is 5. The molecule has 0 radical (unpaired) electrons. The Kier molecular flexibility index (Phi) is 8.23. The quantitative estimate of drug-likeness (QED) is 0.389. The van der Waals surface area contributed by atoms with Crippen LogP contribution in [0, 0.1) is 5.82 Å². The van der Waals surface area contributed by atoms with E-state index in [2.05, 4.69) is 9.80 Å². The monoisotopic (exact) mass is 561 g/mol. The Morgan fingerprint density at radius 3 is 2.37 bits per heavy atom. The van der Waals surface area contributed by atoms with Crippen molar-refractivity contribution in [2.45, 2.75) is 71.3 Å². The zero-order valence-corrected chi connectivity index (χ0v) is 24.0. The van der Waals surface area contributed by atoms with E-state index in [1.807, 2.05) is 6.92 Å². The summed E-state index contributed by atoms with van der Waals surface area (Å²) >= 11 is 0. The first-order valence-electron chi connectivity index (χ1n) is 15.3. The van der Waals surface area contributed by atoms with Crippen LogP contribution in [-0.2, 0) is 13.0 Å². The van der Waals surface area contributed by atoms with Crippen molar-refractivity contribution in [3.05, 3.63) is 46.9 Å². The van der Waals surface area contributed by atoms with Gasteiger partial charge in [-0.25, -0.2) is 4.39 Å². The number of likely N-dealkylation sites (tertiary alicyclic amines) is 1. The van der Waals surface area contributed by atoms with Crippen molar-refractivity contribution in [3.63, 3.8) is 0 Å². The number of benzene rings is 2. The highest BCUT2D eigenvalue weighted by molar-refractivity contribution is 6.16. The number of halogens is 1. The van der Waals surface area contributed by atoms with E-state index in [9.17, 15) is 14.3 Å². The van der Waals surface area contributed by atoms with E-state index in [-0.39, 0.29) is 24.0 Å². The number of anilines is 2. The SMILES string of the molecule is CCc1c(F)ccc2cc(O)cc(N3Cc4nc(OCCN5CCCCCC5)nc(N5CCCCCC5)c4C3=O)c12. The average molecular weight is 562 g/mol. The Balaban J connectivity index is 1.36. The number of rotatable bonds is 7. The maximum atomic E-state index is 14.9. The van der Waals surface area contributed by atoms with E-state index >= 15 is 0 Å². The van der Waals surface area contributed by atoms with Crippen LogP contribution in [0.2, 0.25) is 0 Å². The third-order valence-electron chi connectivity index (χ3n) is 8.73. The lowest BCUT2D eigenvalue weighted by atomic mass is 9.99. The number of hydrogen-bond donors (Lipinski definition) is 1. The van der Waals surface area contributed by atoms with Gasteiger partial charge >= 0.3 is 6.01 Å². The van der Waals surface area contributed by atoms with Gasteiger partial charge in [-0.2, -0.15) is 9.97 Å². The van der Waals surface area contributed by atoms with Crippen LogP contribution < -0.4 is 14.5 Å². The summed E-state index contributed by atoms with van der Waals surface area (Å²) in [6.07, 6.45) is 9.87. The van der Waals surface area contributed by atoms with Gasteiger partial charge < -0.3 is 19.6 Å². The lowest BCUT2D eigenvalue weighted by Crippen LogP contribution is -2.30. The van der Waals surface area contributed by atoms with E-state index in [0.717, 1.165) is 58.4 Å². The zero-order chi connectivity index (χ0) is 28.3. The van der Waals surface area contributed by atoms with Crippen LogP contribution in [-0.4, -0.2) is 65.2 Å². The molecule has 0 atom stereocenters. The highest BCUT2D eigenvalue weighted by atomic mass is 19.1. The van der Waals surface area contributed by atoms with Crippen molar-refractivity contribution < 1.29 is 19.0 Å². The van der Waals surface area contributed by atoms with Gasteiger partial charge in [0.2, 0.25) is 0 Å². The van der Waals surface area contributed by atoms with Crippen molar-refractivity contribution in [1.29, 1.82) is 0 Å². The third kappa shape index (κ3) is 5.69. The van der Waals surface area contributed by atoms with Crippen molar-refractivity contribution in [3.8, 4) is 11.8 Å². The maximum Gasteiger partial charge on any atom is 0.318 e. The molecule has 0 saturated carbocycles. The first-order chi connectivity index (χ1) is 20.0. The number of carbonyl (C=O) groups excluding carboxylic acids is 1. The zero-order valence-electron chi connectivity index (χ0n) is 24.0. The minimum Gasteiger partial charge on any atom is -0.508 e. The molecule has 1 amide bonds. The predicted molar refractivity (Wildman–Crippen MR) is 159 cm³/mol. The number of aromatic nitrogens is 2. The topological polar surface area (TPSA) is 82.0 Å². The second kappa shape index (κ2) is 12.2. The second-order valence-electron chi connectivity index (χ2n) is 11.5. The molecule has 3 aliphatic heterocycles. The summed E-state index contributed by atoms with van der Waals surface area (Å²) in [6, 6.07) is 6.54. The molecule has 6 rings (SSSR count). The minimum absolute atomic E-state index is 0.0290. The minimum atomic E-state index is -0.318. The molecule has 4 heterocycles. The van der Waals surface area contributed by atoms with Gasteiger partial charge in [-0.05, 0) is 68.3 Å². The largest absolute Gasteiger partial charge is 0.508 e. The molecular weight excluding hydrogens is 521 g/mol. The Morgan fingerprint density at radius 1 is 0.951 bits per heavy atom. The van der Waals surface area contributed by atoms with E-state index in [0.29, 0.717) is 58.1 Å². The highest BCUT2D eigenvalue weighted by Gasteiger charge is 2.37. The average Bonchev–Trinajstić information content (AvgIpc) is 3.21. The van der Waals surface area contributed by atoms with Crippen LogP contribution in [0.15, 0.2) is 24.3 Å². The Labute approximate surface area is 241 Å². The summed E-state index contributed by atoms with van der Waals surface area (Å²) in [7, 11) is 0. The van der Waals surface area contributed by atoms with Crippen LogP contribution in [0.5, 0.6) is 11.8 Å². The molecular formula is C32H40FN5O3. The summed E-state index contributed by atoms with van der Waals surface area (Å²) in [5.74, 6) is 0.108.